The van der Waals surface area contributed by atoms with Gasteiger partial charge in [0.05, 0.1) is 6.26 Å². The van der Waals surface area contributed by atoms with Crippen LogP contribution in [-0.4, -0.2) is 26.5 Å². The van der Waals surface area contributed by atoms with E-state index in [0.717, 1.165) is 0 Å². The lowest BCUT2D eigenvalue weighted by Gasteiger charge is -2.06. The lowest BCUT2D eigenvalue weighted by atomic mass is 10.2. The summed E-state index contributed by atoms with van der Waals surface area (Å²) in [5.41, 5.74) is 0.398. The van der Waals surface area contributed by atoms with Crippen LogP contribution in [0.5, 0.6) is 0 Å². The molecule has 0 unspecified atom stereocenters. The predicted molar refractivity (Wildman–Crippen MR) is 43.8 cm³/mol. The van der Waals surface area contributed by atoms with Gasteiger partial charge in [0.15, 0.2) is 0 Å². The van der Waals surface area contributed by atoms with Crippen LogP contribution in [0.2, 0.25) is 0 Å². The summed E-state index contributed by atoms with van der Waals surface area (Å²) in [5, 5.41) is 24.0. The summed E-state index contributed by atoms with van der Waals surface area (Å²) in [6.45, 7) is 1.68. The molecule has 0 aromatic carbocycles. The molecule has 0 amide bonds. The second kappa shape index (κ2) is 3.29. The molecule has 2 heterocycles. The van der Waals surface area contributed by atoms with Crippen molar-refractivity contribution in [2.24, 2.45) is 4.99 Å². The van der Waals surface area contributed by atoms with Gasteiger partial charge in [-0.1, -0.05) is 5.10 Å². The second-order valence-electron chi connectivity index (χ2n) is 2.52. The van der Waals surface area contributed by atoms with Gasteiger partial charge in [0, 0.05) is 11.5 Å². The molecule has 0 saturated carbocycles. The van der Waals surface area contributed by atoms with E-state index in [2.05, 4.69) is 25.6 Å². The lowest BCUT2D eigenvalue weighted by Crippen LogP contribution is -2.18. The van der Waals surface area contributed by atoms with Crippen LogP contribution in [0.4, 0.5) is 5.95 Å². The van der Waals surface area contributed by atoms with Gasteiger partial charge in [-0.15, -0.1) is 5.10 Å². The number of rotatable bonds is 2. The Kier molecular flexibility index (Phi) is 1.98. The normalized spacial score (nSPS) is 11.9. The van der Waals surface area contributed by atoms with Gasteiger partial charge in [-0.3, -0.25) is 0 Å². The van der Waals surface area contributed by atoms with Crippen molar-refractivity contribution in [3.8, 4) is 0 Å². The first-order valence-corrected chi connectivity index (χ1v) is 3.81. The molecule has 2 rings (SSSR count). The fourth-order valence-electron chi connectivity index (χ4n) is 0.962. The molecule has 0 bridgehead atoms. The minimum atomic E-state index is -0.447. The monoisotopic (exact) mass is 192 g/mol. The topological polar surface area (TPSA) is 103 Å². The maximum absolute atomic E-state index is 11.4. The largest absolute Gasteiger partial charge is 0.858 e. The SMILES string of the molecule is Cc1occc1C([O-])=Nc1nn[nH]n1. The van der Waals surface area contributed by atoms with Crippen molar-refractivity contribution in [1.82, 2.24) is 20.6 Å². The van der Waals surface area contributed by atoms with Crippen molar-refractivity contribution >= 4 is 11.8 Å². The highest BCUT2D eigenvalue weighted by atomic mass is 16.3. The van der Waals surface area contributed by atoms with Crippen molar-refractivity contribution in [3.05, 3.63) is 23.7 Å². The van der Waals surface area contributed by atoms with Gasteiger partial charge in [0.25, 0.3) is 5.95 Å². The first-order chi connectivity index (χ1) is 6.77. The minimum Gasteiger partial charge on any atom is -0.858 e. The number of H-pyrrole nitrogens is 1. The Bertz CT molecular complexity index is 444. The van der Waals surface area contributed by atoms with Gasteiger partial charge in [-0.25, -0.2) is 4.99 Å². The number of hydrogen-bond donors (Lipinski definition) is 1. The molecule has 2 aromatic heterocycles. The molecule has 0 aliphatic rings. The van der Waals surface area contributed by atoms with Crippen LogP contribution in [0.3, 0.4) is 0 Å². The van der Waals surface area contributed by atoms with E-state index < -0.39 is 5.90 Å². The Morgan fingerprint density at radius 2 is 2.50 bits per heavy atom. The highest BCUT2D eigenvalue weighted by molar-refractivity contribution is 5.92. The number of hydrogen-bond acceptors (Lipinski definition) is 6. The quantitative estimate of drug-likeness (QED) is 0.512. The van der Waals surface area contributed by atoms with Gasteiger partial charge >= 0.3 is 0 Å². The lowest BCUT2D eigenvalue weighted by molar-refractivity contribution is -0.212. The van der Waals surface area contributed by atoms with E-state index in [1.54, 1.807) is 13.0 Å². The van der Waals surface area contributed by atoms with Crippen LogP contribution in [0, 0.1) is 6.92 Å². The summed E-state index contributed by atoms with van der Waals surface area (Å²) in [4.78, 5) is 3.61. The Hall–Kier alpha value is -2.18. The summed E-state index contributed by atoms with van der Waals surface area (Å²) < 4.78 is 4.96. The molecule has 0 spiro atoms. The van der Waals surface area contributed by atoms with E-state index in [9.17, 15) is 5.11 Å². The number of nitrogens with one attached hydrogen (secondary N) is 1. The summed E-state index contributed by atoms with van der Waals surface area (Å²) in [6.07, 6.45) is 1.42. The highest BCUT2D eigenvalue weighted by Gasteiger charge is 2.01. The first kappa shape index (κ1) is 8.42. The molecule has 1 N–H and O–H groups in total. The average Bonchev–Trinajstić information content (AvgIpc) is 2.75. The molecule has 0 aliphatic heterocycles. The number of aryl methyl sites for hydroxylation is 1. The molecule has 7 nitrogen and oxygen atoms in total. The zero-order chi connectivity index (χ0) is 9.97. The Morgan fingerprint density at radius 3 is 3.07 bits per heavy atom. The Morgan fingerprint density at radius 1 is 1.64 bits per heavy atom. The van der Waals surface area contributed by atoms with Crippen LogP contribution in [0.25, 0.3) is 0 Å². The molecule has 0 fully saturated rings. The van der Waals surface area contributed by atoms with Gasteiger partial charge in [0.2, 0.25) is 0 Å². The number of aromatic amines is 1. The molecule has 0 aliphatic carbocycles. The summed E-state index contributed by atoms with van der Waals surface area (Å²) in [5.74, 6) is 0.0792. The predicted octanol–water partition coefficient (Wildman–Crippen LogP) is -0.460. The van der Waals surface area contributed by atoms with Gasteiger partial charge in [0.1, 0.15) is 5.76 Å². The molecular formula is C7H6N5O2-. The number of aliphatic imine (C=N–C) groups is 1. The maximum Gasteiger partial charge on any atom is 0.288 e. The van der Waals surface area contributed by atoms with E-state index in [0.29, 0.717) is 11.3 Å². The fourth-order valence-corrected chi connectivity index (χ4v) is 0.962. The van der Waals surface area contributed by atoms with E-state index in [4.69, 9.17) is 4.42 Å². The second-order valence-corrected chi connectivity index (χ2v) is 2.52. The molecular weight excluding hydrogens is 186 g/mol. The molecule has 72 valence electrons. The Balaban J connectivity index is 2.33. The molecule has 0 radical (unpaired) electrons. The standard InChI is InChI=1S/C7H7N5O2/c1-4-5(2-3-14-4)6(13)8-7-9-11-12-10-7/h2-3H,1H3,(H2,8,9,10,11,12,13)/p-1. The van der Waals surface area contributed by atoms with E-state index in [1.165, 1.54) is 6.26 Å². The molecule has 0 saturated heterocycles. The third-order valence-corrected chi connectivity index (χ3v) is 1.62. The van der Waals surface area contributed by atoms with Crippen LogP contribution in [-0.2, 0) is 0 Å². The number of tetrazole rings is 1. The number of furan rings is 1. The molecule has 14 heavy (non-hydrogen) atoms. The van der Waals surface area contributed by atoms with Crippen molar-refractivity contribution in [2.75, 3.05) is 0 Å². The molecule has 7 heteroatoms. The van der Waals surface area contributed by atoms with Crippen molar-refractivity contribution < 1.29 is 9.52 Å². The minimum absolute atomic E-state index is 0.00981. The zero-order valence-corrected chi connectivity index (χ0v) is 7.26. The first-order valence-electron chi connectivity index (χ1n) is 3.81. The van der Waals surface area contributed by atoms with Gasteiger partial charge < -0.3 is 9.52 Å². The summed E-state index contributed by atoms with van der Waals surface area (Å²) in [6, 6.07) is 1.54. The Labute approximate surface area is 78.5 Å². The third-order valence-electron chi connectivity index (χ3n) is 1.62. The number of aromatic nitrogens is 4. The summed E-state index contributed by atoms with van der Waals surface area (Å²) in [7, 11) is 0. The zero-order valence-electron chi connectivity index (χ0n) is 7.26. The fraction of sp³-hybridized carbons (Fsp3) is 0.143. The average molecular weight is 192 g/mol. The van der Waals surface area contributed by atoms with Crippen molar-refractivity contribution in [3.63, 3.8) is 0 Å². The summed E-state index contributed by atoms with van der Waals surface area (Å²) >= 11 is 0. The maximum atomic E-state index is 11.4. The highest BCUT2D eigenvalue weighted by Crippen LogP contribution is 2.09. The van der Waals surface area contributed by atoms with Gasteiger partial charge in [-0.2, -0.15) is 5.21 Å². The van der Waals surface area contributed by atoms with E-state index in [-0.39, 0.29) is 5.95 Å². The van der Waals surface area contributed by atoms with Crippen LogP contribution in [0.15, 0.2) is 21.7 Å². The van der Waals surface area contributed by atoms with E-state index >= 15 is 0 Å². The van der Waals surface area contributed by atoms with Gasteiger partial charge in [-0.05, 0) is 18.2 Å². The number of nitrogens with zero attached hydrogens (tertiary/aromatic N) is 4. The van der Waals surface area contributed by atoms with E-state index in [1.807, 2.05) is 0 Å². The molecule has 0 atom stereocenters. The van der Waals surface area contributed by atoms with Crippen LogP contribution in [0.1, 0.15) is 11.3 Å². The van der Waals surface area contributed by atoms with Crippen LogP contribution >= 0.6 is 0 Å². The van der Waals surface area contributed by atoms with Crippen LogP contribution < -0.4 is 5.11 Å². The third kappa shape index (κ3) is 1.47. The smallest absolute Gasteiger partial charge is 0.288 e. The molecule has 2 aromatic rings. The van der Waals surface area contributed by atoms with Crippen molar-refractivity contribution in [2.45, 2.75) is 6.92 Å². The van der Waals surface area contributed by atoms with Crippen molar-refractivity contribution in [1.29, 1.82) is 0 Å².